The number of nitrogens with one attached hydrogen (secondary N) is 1. The number of rotatable bonds is 5. The zero-order valence-electron chi connectivity index (χ0n) is 12.8. The van der Waals surface area contributed by atoms with Gasteiger partial charge in [-0.2, -0.15) is 0 Å². The number of carbonyl (C=O) groups excluding carboxylic acids is 1. The Kier molecular flexibility index (Phi) is 4.91. The van der Waals surface area contributed by atoms with Gasteiger partial charge in [0.05, 0.1) is 4.92 Å². The first-order valence-electron chi connectivity index (χ1n) is 7.23. The summed E-state index contributed by atoms with van der Waals surface area (Å²) in [6, 6.07) is 13.3. The molecule has 124 valence electrons. The van der Waals surface area contributed by atoms with Crippen molar-refractivity contribution < 1.29 is 9.72 Å². The van der Waals surface area contributed by atoms with Gasteiger partial charge < -0.3 is 5.32 Å². The number of non-ortho nitro benzene ring substituents is 1. The first-order valence-corrected chi connectivity index (χ1v) is 8.06. The van der Waals surface area contributed by atoms with Crippen LogP contribution in [-0.2, 0) is 4.79 Å². The minimum atomic E-state index is -0.475. The second kappa shape index (κ2) is 7.45. The van der Waals surface area contributed by atoms with Gasteiger partial charge in [-0.3, -0.25) is 14.9 Å². The SMILES string of the molecule is O=C(C=Cc1cccc([N+](=O)[O-])c1)Nc1ccc(-c2csnn2)cc1. The van der Waals surface area contributed by atoms with Crippen LogP contribution in [0.3, 0.4) is 0 Å². The smallest absolute Gasteiger partial charge is 0.270 e. The molecule has 0 radical (unpaired) electrons. The summed E-state index contributed by atoms with van der Waals surface area (Å²) in [7, 11) is 0. The predicted molar refractivity (Wildman–Crippen MR) is 96.1 cm³/mol. The van der Waals surface area contributed by atoms with E-state index in [2.05, 4.69) is 14.9 Å². The zero-order valence-corrected chi connectivity index (χ0v) is 13.6. The van der Waals surface area contributed by atoms with E-state index in [0.717, 1.165) is 11.3 Å². The normalized spacial score (nSPS) is 10.7. The lowest BCUT2D eigenvalue weighted by Crippen LogP contribution is -2.07. The molecule has 1 N–H and O–H groups in total. The lowest BCUT2D eigenvalue weighted by molar-refractivity contribution is -0.384. The lowest BCUT2D eigenvalue weighted by Gasteiger charge is -2.03. The molecule has 0 saturated heterocycles. The minimum absolute atomic E-state index is 0.0188. The van der Waals surface area contributed by atoms with E-state index in [1.807, 2.05) is 17.5 Å². The molecule has 2 aromatic carbocycles. The van der Waals surface area contributed by atoms with Crippen LogP contribution in [0.1, 0.15) is 5.56 Å². The van der Waals surface area contributed by atoms with E-state index in [4.69, 9.17) is 0 Å². The largest absolute Gasteiger partial charge is 0.323 e. The van der Waals surface area contributed by atoms with Gasteiger partial charge in [-0.25, -0.2) is 0 Å². The molecule has 1 heterocycles. The van der Waals surface area contributed by atoms with Crippen LogP contribution in [0.4, 0.5) is 11.4 Å². The third-order valence-corrected chi connectivity index (χ3v) is 3.82. The molecular weight excluding hydrogens is 340 g/mol. The summed E-state index contributed by atoms with van der Waals surface area (Å²) in [6.07, 6.45) is 2.86. The van der Waals surface area contributed by atoms with Gasteiger partial charge in [0.1, 0.15) is 5.69 Å². The summed E-state index contributed by atoms with van der Waals surface area (Å²) in [5.41, 5.74) is 2.90. The molecule has 0 fully saturated rings. The highest BCUT2D eigenvalue weighted by atomic mass is 32.1. The van der Waals surface area contributed by atoms with E-state index in [0.29, 0.717) is 11.3 Å². The zero-order chi connectivity index (χ0) is 17.6. The number of nitro groups is 1. The van der Waals surface area contributed by atoms with Crippen molar-refractivity contribution in [1.29, 1.82) is 0 Å². The summed E-state index contributed by atoms with van der Waals surface area (Å²) in [5.74, 6) is -0.324. The molecular formula is C17H12N4O3S. The molecule has 25 heavy (non-hydrogen) atoms. The van der Waals surface area contributed by atoms with Crippen LogP contribution in [0, 0.1) is 10.1 Å². The number of nitrogens with zero attached hydrogens (tertiary/aromatic N) is 3. The van der Waals surface area contributed by atoms with Crippen LogP contribution in [0.5, 0.6) is 0 Å². The number of anilines is 1. The molecule has 0 aliphatic rings. The Hall–Kier alpha value is -3.39. The molecule has 0 unspecified atom stereocenters. The van der Waals surface area contributed by atoms with E-state index in [1.165, 1.54) is 35.8 Å². The molecule has 3 rings (SSSR count). The first-order chi connectivity index (χ1) is 12.1. The number of hydrogen-bond acceptors (Lipinski definition) is 6. The summed E-state index contributed by atoms with van der Waals surface area (Å²) >= 11 is 1.27. The number of carbonyl (C=O) groups is 1. The molecule has 7 nitrogen and oxygen atoms in total. The second-order valence-electron chi connectivity index (χ2n) is 5.04. The van der Waals surface area contributed by atoms with Gasteiger partial charge in [-0.1, -0.05) is 28.8 Å². The number of benzene rings is 2. The Morgan fingerprint density at radius 1 is 1.20 bits per heavy atom. The van der Waals surface area contributed by atoms with Crippen LogP contribution >= 0.6 is 11.5 Å². The third kappa shape index (κ3) is 4.33. The van der Waals surface area contributed by atoms with Crippen molar-refractivity contribution in [2.45, 2.75) is 0 Å². The molecule has 0 atom stereocenters. The van der Waals surface area contributed by atoms with Gasteiger partial charge in [0.25, 0.3) is 5.69 Å². The quantitative estimate of drug-likeness (QED) is 0.428. The van der Waals surface area contributed by atoms with Crippen LogP contribution in [0.15, 0.2) is 60.0 Å². The average molecular weight is 352 g/mol. The molecule has 0 aliphatic heterocycles. The molecule has 0 spiro atoms. The van der Waals surface area contributed by atoms with Gasteiger partial charge in [0, 0.05) is 34.8 Å². The van der Waals surface area contributed by atoms with Crippen LogP contribution in [0.25, 0.3) is 17.3 Å². The predicted octanol–water partition coefficient (Wildman–Crippen LogP) is 3.77. The number of hydrogen-bond donors (Lipinski definition) is 1. The first kappa shape index (κ1) is 16.5. The Balaban J connectivity index is 1.64. The minimum Gasteiger partial charge on any atom is -0.323 e. The van der Waals surface area contributed by atoms with Crippen molar-refractivity contribution in [3.63, 3.8) is 0 Å². The molecule has 0 bridgehead atoms. The van der Waals surface area contributed by atoms with Crippen molar-refractivity contribution in [3.05, 3.63) is 75.7 Å². The molecule has 0 saturated carbocycles. The molecule has 1 amide bonds. The number of nitro benzene ring substituents is 1. The number of aromatic nitrogens is 2. The second-order valence-corrected chi connectivity index (χ2v) is 5.65. The fourth-order valence-corrected chi connectivity index (χ4v) is 2.58. The molecule has 3 aromatic rings. The molecule has 8 heteroatoms. The van der Waals surface area contributed by atoms with Crippen molar-refractivity contribution in [1.82, 2.24) is 9.59 Å². The van der Waals surface area contributed by atoms with Gasteiger partial charge in [0.2, 0.25) is 5.91 Å². The maximum absolute atomic E-state index is 12.0. The van der Waals surface area contributed by atoms with Crippen LogP contribution in [0.2, 0.25) is 0 Å². The Bertz CT molecular complexity index is 921. The van der Waals surface area contributed by atoms with Gasteiger partial charge in [0.15, 0.2) is 0 Å². The lowest BCUT2D eigenvalue weighted by atomic mass is 10.1. The standard InChI is InChI=1S/C17H12N4O3S/c22-17(9-4-12-2-1-3-15(10-12)21(23)24)18-14-7-5-13(6-8-14)16-11-25-20-19-16/h1-11H,(H,18,22). The van der Waals surface area contributed by atoms with Crippen molar-refractivity contribution in [2.75, 3.05) is 5.32 Å². The van der Waals surface area contributed by atoms with Crippen molar-refractivity contribution >= 4 is 34.9 Å². The highest BCUT2D eigenvalue weighted by Crippen LogP contribution is 2.20. The van der Waals surface area contributed by atoms with E-state index < -0.39 is 4.92 Å². The van der Waals surface area contributed by atoms with E-state index in [1.54, 1.807) is 24.3 Å². The van der Waals surface area contributed by atoms with Gasteiger partial charge in [-0.15, -0.1) is 5.10 Å². The monoisotopic (exact) mass is 352 g/mol. The molecule has 0 aliphatic carbocycles. The average Bonchev–Trinajstić information content (AvgIpc) is 3.15. The highest BCUT2D eigenvalue weighted by Gasteiger charge is 2.05. The topological polar surface area (TPSA) is 98.0 Å². The maximum atomic E-state index is 12.0. The van der Waals surface area contributed by atoms with Gasteiger partial charge in [-0.05, 0) is 35.3 Å². The Morgan fingerprint density at radius 2 is 2.00 bits per heavy atom. The summed E-state index contributed by atoms with van der Waals surface area (Å²) < 4.78 is 3.81. The fraction of sp³-hybridized carbons (Fsp3) is 0. The summed E-state index contributed by atoms with van der Waals surface area (Å²) in [6.45, 7) is 0. The molecule has 1 aromatic heterocycles. The third-order valence-electron chi connectivity index (χ3n) is 3.32. The summed E-state index contributed by atoms with van der Waals surface area (Å²) in [5, 5.41) is 19.3. The van der Waals surface area contributed by atoms with E-state index in [9.17, 15) is 14.9 Å². The maximum Gasteiger partial charge on any atom is 0.270 e. The van der Waals surface area contributed by atoms with Crippen molar-refractivity contribution in [3.8, 4) is 11.3 Å². The van der Waals surface area contributed by atoms with E-state index in [-0.39, 0.29) is 11.6 Å². The van der Waals surface area contributed by atoms with Crippen LogP contribution < -0.4 is 5.32 Å². The van der Waals surface area contributed by atoms with Crippen molar-refractivity contribution in [2.24, 2.45) is 0 Å². The summed E-state index contributed by atoms with van der Waals surface area (Å²) in [4.78, 5) is 22.2. The highest BCUT2D eigenvalue weighted by molar-refractivity contribution is 7.03. The Morgan fingerprint density at radius 3 is 2.68 bits per heavy atom. The number of amides is 1. The Labute approximate surface area is 147 Å². The fourth-order valence-electron chi connectivity index (χ4n) is 2.11. The van der Waals surface area contributed by atoms with Gasteiger partial charge >= 0.3 is 0 Å². The van der Waals surface area contributed by atoms with Crippen LogP contribution in [-0.4, -0.2) is 20.4 Å². The van der Waals surface area contributed by atoms with E-state index >= 15 is 0 Å².